The Morgan fingerprint density at radius 3 is 2.39 bits per heavy atom. The number of ether oxygens (including phenoxy) is 2. The minimum Gasteiger partial charge on any atom is -0.490 e. The summed E-state index contributed by atoms with van der Waals surface area (Å²) in [6.45, 7) is 6.63. The number of likely N-dealkylation sites (tertiary alicyclic amines) is 1. The largest absolute Gasteiger partial charge is 0.490 e. The van der Waals surface area contributed by atoms with Crippen molar-refractivity contribution in [3.8, 4) is 45.3 Å². The van der Waals surface area contributed by atoms with Crippen molar-refractivity contribution in [2.75, 3.05) is 26.8 Å². The third-order valence-electron chi connectivity index (χ3n) is 10.4. The first-order valence-electron chi connectivity index (χ1n) is 18.6. The van der Waals surface area contributed by atoms with Crippen LogP contribution in [0.2, 0.25) is 10.0 Å². The minimum atomic E-state index is -0.204. The molecule has 284 valence electrons. The van der Waals surface area contributed by atoms with E-state index in [0.29, 0.717) is 76.3 Å². The summed E-state index contributed by atoms with van der Waals surface area (Å²) in [5, 5.41) is 22.7. The van der Waals surface area contributed by atoms with Gasteiger partial charge in [-0.25, -0.2) is 14.5 Å². The average Bonchev–Trinajstić information content (AvgIpc) is 3.61. The van der Waals surface area contributed by atoms with Crippen LogP contribution in [0.5, 0.6) is 11.6 Å². The molecule has 14 heteroatoms. The fourth-order valence-corrected chi connectivity index (χ4v) is 8.00. The van der Waals surface area contributed by atoms with Crippen LogP contribution >= 0.6 is 23.2 Å². The highest BCUT2D eigenvalue weighted by atomic mass is 35.5. The normalized spacial score (nSPS) is 17.9. The molecule has 7 rings (SSSR count). The Morgan fingerprint density at radius 1 is 0.926 bits per heavy atom. The Hall–Kier alpha value is -4.33. The van der Waals surface area contributed by atoms with E-state index in [1.54, 1.807) is 24.7 Å². The van der Waals surface area contributed by atoms with Crippen LogP contribution in [-0.4, -0.2) is 85.5 Å². The van der Waals surface area contributed by atoms with Crippen LogP contribution in [0.15, 0.2) is 54.9 Å². The quantitative estimate of drug-likeness (QED) is 0.125. The lowest BCUT2D eigenvalue weighted by atomic mass is 9.93. The number of methoxy groups -OCH3 is 1. The van der Waals surface area contributed by atoms with Crippen molar-refractivity contribution >= 4 is 34.8 Å². The third-order valence-corrected chi connectivity index (χ3v) is 11.2. The highest BCUT2D eigenvalue weighted by Gasteiger charge is 2.23. The summed E-state index contributed by atoms with van der Waals surface area (Å²) in [4.78, 5) is 27.9. The van der Waals surface area contributed by atoms with E-state index in [4.69, 9.17) is 47.7 Å². The minimum absolute atomic E-state index is 0.126. The molecule has 5 aromatic rings. The number of piperidine rings is 1. The van der Waals surface area contributed by atoms with Crippen molar-refractivity contribution in [3.63, 3.8) is 0 Å². The molecule has 12 nitrogen and oxygen atoms in total. The zero-order chi connectivity index (χ0) is 37.8. The Kier molecular flexibility index (Phi) is 11.9. The summed E-state index contributed by atoms with van der Waals surface area (Å²) in [5.41, 5.74) is 5.69. The molecule has 1 saturated heterocycles. The molecule has 2 aliphatic rings. The molecule has 54 heavy (non-hydrogen) atoms. The highest BCUT2D eigenvalue weighted by molar-refractivity contribution is 6.39. The van der Waals surface area contributed by atoms with Gasteiger partial charge in [0.1, 0.15) is 0 Å². The Morgan fingerprint density at radius 2 is 1.65 bits per heavy atom. The van der Waals surface area contributed by atoms with Gasteiger partial charge in [0, 0.05) is 78.9 Å². The average molecular weight is 774 g/mol. The summed E-state index contributed by atoms with van der Waals surface area (Å²) >= 11 is 14.3. The number of benzene rings is 1. The molecule has 4 aromatic heterocycles. The molecular formula is C40H46Cl2N8O4. The molecule has 0 spiro atoms. The van der Waals surface area contributed by atoms with Gasteiger partial charge in [-0.05, 0) is 63.6 Å². The molecule has 0 bridgehead atoms. The van der Waals surface area contributed by atoms with Gasteiger partial charge in [0.25, 0.3) is 0 Å². The molecule has 1 aliphatic heterocycles. The van der Waals surface area contributed by atoms with Crippen LogP contribution in [0.25, 0.3) is 39.3 Å². The maximum absolute atomic E-state index is 11.7. The van der Waals surface area contributed by atoms with Crippen molar-refractivity contribution in [1.82, 2.24) is 40.1 Å². The van der Waals surface area contributed by atoms with Crippen molar-refractivity contribution in [1.29, 1.82) is 0 Å². The van der Waals surface area contributed by atoms with Crippen LogP contribution in [0.4, 0.5) is 0 Å². The molecule has 0 radical (unpaired) electrons. The number of hydrogen-bond acceptors (Lipinski definition) is 10. The standard InChI is InChI=1S/C40H46Cl2N8O4/c1-4-54-34-20-26(23-50-39(34)47-35(48-50)22-45-27-9-11-29(52)12-10-27)38-37(42)31(14-17-43-38)30-6-5-7-32(36(30)41)33-13-8-25(40(46-33)53-3)21-44-28-15-18-49(19-16-28)24(2)51/h5-8,13-14,17,20,23,27-29,44-45,52H,4,9-12,15-16,18-19,21-22H2,1-3H3/t27-,29-. The number of rotatable bonds is 12. The fourth-order valence-electron chi connectivity index (χ4n) is 7.36. The second-order valence-corrected chi connectivity index (χ2v) is 14.7. The number of amides is 1. The Labute approximate surface area is 325 Å². The van der Waals surface area contributed by atoms with E-state index in [-0.39, 0.29) is 12.0 Å². The summed E-state index contributed by atoms with van der Waals surface area (Å²) < 4.78 is 13.5. The molecule has 0 unspecified atom stereocenters. The molecule has 1 saturated carbocycles. The predicted octanol–water partition coefficient (Wildman–Crippen LogP) is 6.73. The number of aliphatic hydroxyl groups excluding tert-OH is 1. The topological polar surface area (TPSA) is 139 Å². The van der Waals surface area contributed by atoms with Gasteiger partial charge in [-0.3, -0.25) is 9.78 Å². The first-order chi connectivity index (χ1) is 26.2. The molecule has 1 amide bonds. The van der Waals surface area contributed by atoms with Gasteiger partial charge in [0.05, 0.1) is 47.8 Å². The molecular weight excluding hydrogens is 727 g/mol. The number of halogens is 2. The smallest absolute Gasteiger partial charge is 0.219 e. The number of pyridine rings is 3. The van der Waals surface area contributed by atoms with E-state index in [9.17, 15) is 9.90 Å². The SMILES string of the molecule is CCOc1cc(-c2nccc(-c3cccc(-c4ccc(CNC5CCN(C(C)=O)CC5)c(OC)n4)c3Cl)c2Cl)cn2nc(CN[C@H]3CC[C@H](O)CC3)nc12. The monoisotopic (exact) mass is 772 g/mol. The molecule has 2 fully saturated rings. The maximum Gasteiger partial charge on any atom is 0.219 e. The van der Waals surface area contributed by atoms with Gasteiger partial charge in [-0.1, -0.05) is 47.5 Å². The number of nitrogens with one attached hydrogen (secondary N) is 2. The van der Waals surface area contributed by atoms with Crippen LogP contribution in [0.3, 0.4) is 0 Å². The lowest BCUT2D eigenvalue weighted by Gasteiger charge is -2.31. The van der Waals surface area contributed by atoms with Crippen molar-refractivity contribution < 1.29 is 19.4 Å². The summed E-state index contributed by atoms with van der Waals surface area (Å²) in [5.74, 6) is 1.88. The van der Waals surface area contributed by atoms with Gasteiger partial charge in [0.2, 0.25) is 11.8 Å². The van der Waals surface area contributed by atoms with Crippen molar-refractivity contribution in [2.24, 2.45) is 0 Å². The first kappa shape index (κ1) is 38.0. The fraction of sp³-hybridized carbons (Fsp3) is 0.425. The number of fused-ring (bicyclic) bond motifs is 1. The summed E-state index contributed by atoms with van der Waals surface area (Å²) in [6, 6.07) is 14.2. The number of carbonyl (C=O) groups is 1. The number of nitrogens with zero attached hydrogens (tertiary/aromatic N) is 6. The van der Waals surface area contributed by atoms with Crippen LogP contribution in [0, 0.1) is 0 Å². The number of aliphatic hydroxyl groups is 1. The third kappa shape index (κ3) is 8.33. The number of hydrogen-bond donors (Lipinski definition) is 3. The van der Waals surface area contributed by atoms with Crippen molar-refractivity contribution in [3.05, 3.63) is 76.3 Å². The Balaban J connectivity index is 1.13. The van der Waals surface area contributed by atoms with Gasteiger partial charge in [-0.2, -0.15) is 0 Å². The van der Waals surface area contributed by atoms with E-state index >= 15 is 0 Å². The van der Waals surface area contributed by atoms with Crippen LogP contribution < -0.4 is 20.1 Å². The summed E-state index contributed by atoms with van der Waals surface area (Å²) in [6.07, 6.45) is 8.65. The van der Waals surface area contributed by atoms with E-state index < -0.39 is 0 Å². The van der Waals surface area contributed by atoms with Gasteiger partial charge < -0.3 is 30.1 Å². The second-order valence-electron chi connectivity index (χ2n) is 13.9. The van der Waals surface area contributed by atoms with E-state index in [0.717, 1.165) is 79.4 Å². The van der Waals surface area contributed by atoms with E-state index in [1.807, 2.05) is 60.5 Å². The maximum atomic E-state index is 11.7. The second kappa shape index (κ2) is 17.0. The predicted molar refractivity (Wildman–Crippen MR) is 210 cm³/mol. The Bertz CT molecular complexity index is 2110. The highest BCUT2D eigenvalue weighted by Crippen LogP contribution is 2.42. The van der Waals surface area contributed by atoms with Crippen molar-refractivity contribution in [2.45, 2.75) is 83.6 Å². The van der Waals surface area contributed by atoms with Gasteiger partial charge >= 0.3 is 0 Å². The van der Waals surface area contributed by atoms with Crippen LogP contribution in [-0.2, 0) is 17.9 Å². The summed E-state index contributed by atoms with van der Waals surface area (Å²) in [7, 11) is 1.62. The first-order valence-corrected chi connectivity index (χ1v) is 19.4. The lowest BCUT2D eigenvalue weighted by Crippen LogP contribution is -2.44. The number of carbonyl (C=O) groups excluding carboxylic acids is 1. The molecule has 5 heterocycles. The molecule has 0 atom stereocenters. The zero-order valence-electron chi connectivity index (χ0n) is 30.8. The van der Waals surface area contributed by atoms with Crippen LogP contribution in [0.1, 0.15) is 63.8 Å². The molecule has 1 aromatic carbocycles. The van der Waals surface area contributed by atoms with E-state index in [1.165, 1.54) is 0 Å². The van der Waals surface area contributed by atoms with E-state index in [2.05, 4.69) is 15.6 Å². The molecule has 1 aliphatic carbocycles. The van der Waals surface area contributed by atoms with Gasteiger partial charge in [0.15, 0.2) is 17.2 Å². The molecule has 3 N–H and O–H groups in total. The lowest BCUT2D eigenvalue weighted by molar-refractivity contribution is -0.129. The number of aromatic nitrogens is 5. The zero-order valence-corrected chi connectivity index (χ0v) is 32.3. The van der Waals surface area contributed by atoms with Gasteiger partial charge in [-0.15, -0.1) is 5.10 Å².